The molecule has 0 aromatic rings. The lowest BCUT2D eigenvalue weighted by molar-refractivity contribution is 0.0606. The van der Waals surface area contributed by atoms with Crippen molar-refractivity contribution in [2.24, 2.45) is 0 Å². The molecule has 0 unspecified atom stereocenters. The van der Waals surface area contributed by atoms with E-state index in [1.165, 1.54) is 0 Å². The predicted molar refractivity (Wildman–Crippen MR) is 21.5 cm³/mol. The summed E-state index contributed by atoms with van der Waals surface area (Å²) < 4.78 is 3.16. The van der Waals surface area contributed by atoms with Crippen LogP contribution in [0.3, 0.4) is 0 Å². The Morgan fingerprint density at radius 3 is 1.75 bits per heavy atom. The van der Waals surface area contributed by atoms with Gasteiger partial charge in [-0.25, -0.2) is 4.79 Å². The molecule has 4 N–H and O–H groups in total. The van der Waals surface area contributed by atoms with Crippen LogP contribution in [0, 0.1) is 0 Å². The van der Waals surface area contributed by atoms with Gasteiger partial charge in [0.2, 0.25) is 0 Å². The molecular formula is CH4O6Si. The number of rotatable bonds is 1. The lowest BCUT2D eigenvalue weighted by atomic mass is 11.5. The van der Waals surface area contributed by atoms with E-state index < -0.39 is 15.2 Å². The van der Waals surface area contributed by atoms with E-state index in [2.05, 4.69) is 4.43 Å². The third-order valence-corrected chi connectivity index (χ3v) is 0.673. The molecule has 0 bridgehead atoms. The van der Waals surface area contributed by atoms with Crippen LogP contribution < -0.4 is 0 Å². The molecule has 0 amide bonds. The van der Waals surface area contributed by atoms with E-state index in [0.29, 0.717) is 0 Å². The van der Waals surface area contributed by atoms with Crippen LogP contribution in [0.25, 0.3) is 0 Å². The van der Waals surface area contributed by atoms with Crippen LogP contribution in [0.1, 0.15) is 0 Å². The largest absolute Gasteiger partial charge is 0.745 e. The normalized spacial score (nSPS) is 10.9. The van der Waals surface area contributed by atoms with Gasteiger partial charge in [0.1, 0.15) is 0 Å². The van der Waals surface area contributed by atoms with E-state index in [-0.39, 0.29) is 0 Å². The molecular weight excluding hydrogens is 136 g/mol. The van der Waals surface area contributed by atoms with Crippen molar-refractivity contribution in [1.29, 1.82) is 0 Å². The van der Waals surface area contributed by atoms with Crippen LogP contribution >= 0.6 is 0 Å². The monoisotopic (exact) mass is 140 g/mol. The van der Waals surface area contributed by atoms with Crippen LogP contribution in [0.2, 0.25) is 0 Å². The van der Waals surface area contributed by atoms with Crippen LogP contribution in [-0.2, 0) is 4.43 Å². The zero-order chi connectivity index (χ0) is 6.78. The molecule has 48 valence electrons. The fourth-order valence-electron chi connectivity index (χ4n) is 0.117. The molecule has 0 spiro atoms. The molecule has 0 radical (unpaired) electrons. The first-order valence-corrected chi connectivity index (χ1v) is 3.26. The van der Waals surface area contributed by atoms with Gasteiger partial charge < -0.3 is 23.9 Å². The van der Waals surface area contributed by atoms with Crippen molar-refractivity contribution < 1.29 is 28.7 Å². The Labute approximate surface area is 45.1 Å². The molecule has 0 rings (SSSR count). The lowest BCUT2D eigenvalue weighted by Crippen LogP contribution is -2.40. The predicted octanol–water partition coefficient (Wildman–Crippen LogP) is -1.91. The van der Waals surface area contributed by atoms with Gasteiger partial charge in [-0.3, -0.25) is 0 Å². The molecule has 0 heterocycles. The number of hydrogen-bond donors (Lipinski definition) is 4. The third-order valence-electron chi connectivity index (χ3n) is 0.224. The maximum absolute atomic E-state index is 9.35. The number of carboxylic acid groups (broad SMARTS) is 1. The van der Waals surface area contributed by atoms with Crippen LogP contribution in [0.15, 0.2) is 0 Å². The summed E-state index contributed by atoms with van der Waals surface area (Å²) >= 11 is 0. The third kappa shape index (κ3) is 5.37. The molecule has 0 aromatic carbocycles. The molecule has 0 saturated carbocycles. The van der Waals surface area contributed by atoms with Gasteiger partial charge in [0, 0.05) is 0 Å². The maximum atomic E-state index is 9.35. The van der Waals surface area contributed by atoms with E-state index in [1.54, 1.807) is 0 Å². The number of hydrogen-bond acceptors (Lipinski definition) is 5. The standard InChI is InChI=1S/CH4O6Si/c2-1(3)7-8(4,5)6/h4-6H,(H,2,3). The highest BCUT2D eigenvalue weighted by Gasteiger charge is 2.35. The summed E-state index contributed by atoms with van der Waals surface area (Å²) in [4.78, 5) is 32.9. The van der Waals surface area contributed by atoms with Crippen LogP contribution in [0.4, 0.5) is 4.79 Å². The topological polar surface area (TPSA) is 107 Å². The summed E-state index contributed by atoms with van der Waals surface area (Å²) in [5.74, 6) is 0. The maximum Gasteiger partial charge on any atom is 0.745 e. The lowest BCUT2D eigenvalue weighted by Gasteiger charge is -2.04. The van der Waals surface area contributed by atoms with E-state index in [9.17, 15) is 4.79 Å². The van der Waals surface area contributed by atoms with Crippen LogP contribution in [0.5, 0.6) is 0 Å². The Balaban J connectivity index is 3.55. The van der Waals surface area contributed by atoms with Crippen molar-refractivity contribution in [3.8, 4) is 0 Å². The Bertz CT molecular complexity index is 91.2. The average Bonchev–Trinajstić information content (AvgIpc) is 1.21. The Hall–Kier alpha value is -0.633. The molecule has 0 aliphatic rings. The number of carbonyl (C=O) groups is 1. The smallest absolute Gasteiger partial charge is 0.451 e. The SMILES string of the molecule is O=C(O)O[Si](O)(O)O. The quantitative estimate of drug-likeness (QED) is 0.317. The first kappa shape index (κ1) is 7.37. The zero-order valence-corrected chi connectivity index (χ0v) is 4.61. The summed E-state index contributed by atoms with van der Waals surface area (Å²) in [6, 6.07) is 0. The Kier molecular flexibility index (Phi) is 1.92. The molecule has 0 saturated heterocycles. The van der Waals surface area contributed by atoms with E-state index in [1.807, 2.05) is 0 Å². The van der Waals surface area contributed by atoms with Gasteiger partial charge in [-0.05, 0) is 0 Å². The van der Waals surface area contributed by atoms with Gasteiger partial charge in [0.05, 0.1) is 0 Å². The average molecular weight is 140 g/mol. The van der Waals surface area contributed by atoms with Crippen molar-refractivity contribution in [3.05, 3.63) is 0 Å². The van der Waals surface area contributed by atoms with Crippen molar-refractivity contribution in [3.63, 3.8) is 0 Å². The van der Waals surface area contributed by atoms with Gasteiger partial charge in [-0.1, -0.05) is 0 Å². The fourth-order valence-corrected chi connectivity index (χ4v) is 0.351. The highest BCUT2D eigenvalue weighted by molar-refractivity contribution is 6.50. The molecule has 8 heavy (non-hydrogen) atoms. The fraction of sp³-hybridized carbons (Fsp3) is 0. The van der Waals surface area contributed by atoms with Gasteiger partial charge in [-0.2, -0.15) is 0 Å². The minimum Gasteiger partial charge on any atom is -0.451 e. The van der Waals surface area contributed by atoms with Gasteiger partial charge >= 0.3 is 15.2 Å². The van der Waals surface area contributed by atoms with Crippen molar-refractivity contribution in [1.82, 2.24) is 0 Å². The highest BCUT2D eigenvalue weighted by Crippen LogP contribution is 1.87. The summed E-state index contributed by atoms with van der Waals surface area (Å²) in [5, 5.41) is 7.58. The first-order valence-electron chi connectivity index (χ1n) is 1.51. The van der Waals surface area contributed by atoms with Gasteiger partial charge in [0.25, 0.3) is 0 Å². The first-order chi connectivity index (χ1) is 3.42. The molecule has 7 heteroatoms. The molecule has 0 aromatic heterocycles. The summed E-state index contributed by atoms with van der Waals surface area (Å²) in [5.41, 5.74) is 0. The second-order valence-corrected chi connectivity index (χ2v) is 2.29. The molecule has 0 atom stereocenters. The molecule has 6 nitrogen and oxygen atoms in total. The minimum atomic E-state index is -4.82. The molecule has 0 aliphatic heterocycles. The van der Waals surface area contributed by atoms with Crippen LogP contribution in [-0.4, -0.2) is 34.7 Å². The van der Waals surface area contributed by atoms with E-state index in [4.69, 9.17) is 19.5 Å². The van der Waals surface area contributed by atoms with Gasteiger partial charge in [-0.15, -0.1) is 0 Å². The van der Waals surface area contributed by atoms with E-state index >= 15 is 0 Å². The van der Waals surface area contributed by atoms with Crippen molar-refractivity contribution in [2.75, 3.05) is 0 Å². The Morgan fingerprint density at radius 2 is 1.75 bits per heavy atom. The van der Waals surface area contributed by atoms with Gasteiger partial charge in [0.15, 0.2) is 0 Å². The second-order valence-electron chi connectivity index (χ2n) is 0.942. The summed E-state index contributed by atoms with van der Waals surface area (Å²) in [7, 11) is -4.82. The second kappa shape index (κ2) is 2.09. The molecule has 0 fully saturated rings. The summed E-state index contributed by atoms with van der Waals surface area (Å²) in [6.07, 6.45) is -1.91. The van der Waals surface area contributed by atoms with E-state index in [0.717, 1.165) is 0 Å². The molecule has 0 aliphatic carbocycles. The minimum absolute atomic E-state index is 1.91. The van der Waals surface area contributed by atoms with Crippen molar-refractivity contribution in [2.45, 2.75) is 0 Å². The highest BCUT2D eigenvalue weighted by atomic mass is 28.4. The zero-order valence-electron chi connectivity index (χ0n) is 3.61. The van der Waals surface area contributed by atoms with Crippen molar-refractivity contribution >= 4 is 15.2 Å². The Morgan fingerprint density at radius 1 is 1.38 bits per heavy atom. The summed E-state index contributed by atoms with van der Waals surface area (Å²) in [6.45, 7) is 0.